The Morgan fingerprint density at radius 2 is 2.55 bits per heavy atom. The molecule has 2 nitrogen and oxygen atoms in total. The lowest BCUT2D eigenvalue weighted by molar-refractivity contribution is 0.368. The van der Waals surface area contributed by atoms with E-state index in [2.05, 4.69) is 5.32 Å². The van der Waals surface area contributed by atoms with Crippen molar-refractivity contribution in [2.75, 3.05) is 13.7 Å². The third-order valence-corrected chi connectivity index (χ3v) is 1.62. The van der Waals surface area contributed by atoms with Crippen LogP contribution in [0.4, 0.5) is 4.39 Å². The van der Waals surface area contributed by atoms with Crippen molar-refractivity contribution in [3.05, 3.63) is 24.2 Å². The predicted molar refractivity (Wildman–Crippen MR) is 41.2 cm³/mol. The van der Waals surface area contributed by atoms with E-state index in [9.17, 15) is 4.39 Å². The third kappa shape index (κ3) is 2.35. The average Bonchev–Trinajstić information content (AvgIpc) is 2.52. The average molecular weight is 157 g/mol. The van der Waals surface area contributed by atoms with Crippen molar-refractivity contribution in [3.63, 3.8) is 0 Å². The summed E-state index contributed by atoms with van der Waals surface area (Å²) in [6.45, 7) is -0.364. The van der Waals surface area contributed by atoms with Crippen molar-refractivity contribution >= 4 is 0 Å². The minimum Gasteiger partial charge on any atom is -0.469 e. The van der Waals surface area contributed by atoms with Crippen LogP contribution in [0.5, 0.6) is 0 Å². The van der Waals surface area contributed by atoms with Crippen molar-refractivity contribution < 1.29 is 8.81 Å². The zero-order valence-corrected chi connectivity index (χ0v) is 6.51. The van der Waals surface area contributed by atoms with Crippen LogP contribution in [0.3, 0.4) is 0 Å². The van der Waals surface area contributed by atoms with E-state index in [4.69, 9.17) is 4.42 Å². The second kappa shape index (κ2) is 4.13. The number of furan rings is 1. The van der Waals surface area contributed by atoms with Crippen LogP contribution >= 0.6 is 0 Å². The Labute approximate surface area is 65.4 Å². The molecule has 0 saturated heterocycles. The van der Waals surface area contributed by atoms with Gasteiger partial charge in [-0.1, -0.05) is 0 Å². The van der Waals surface area contributed by atoms with Gasteiger partial charge >= 0.3 is 0 Å². The maximum Gasteiger partial charge on any atom is 0.105 e. The van der Waals surface area contributed by atoms with Gasteiger partial charge in [-0.3, -0.25) is 0 Å². The molecule has 62 valence electrons. The molecule has 0 spiro atoms. The molecule has 1 rings (SSSR count). The molecule has 1 aromatic rings. The van der Waals surface area contributed by atoms with Crippen molar-refractivity contribution in [1.82, 2.24) is 5.32 Å². The van der Waals surface area contributed by atoms with Crippen molar-refractivity contribution in [3.8, 4) is 0 Å². The number of hydrogen-bond donors (Lipinski definition) is 1. The molecule has 0 fully saturated rings. The van der Waals surface area contributed by atoms with Crippen molar-refractivity contribution in [2.24, 2.45) is 0 Å². The third-order valence-electron chi connectivity index (χ3n) is 1.62. The maximum absolute atomic E-state index is 12.1. The van der Waals surface area contributed by atoms with Crippen LogP contribution in [0, 0.1) is 0 Å². The molecular formula is C8H12FNO. The van der Waals surface area contributed by atoms with Gasteiger partial charge in [0.15, 0.2) is 0 Å². The normalized spacial score (nSPS) is 13.3. The van der Waals surface area contributed by atoms with Gasteiger partial charge in [0.2, 0.25) is 0 Å². The highest BCUT2D eigenvalue weighted by Crippen LogP contribution is 2.03. The van der Waals surface area contributed by atoms with Crippen LogP contribution in [0.25, 0.3) is 0 Å². The molecule has 1 unspecified atom stereocenters. The monoisotopic (exact) mass is 157 g/mol. The molecule has 0 aliphatic carbocycles. The van der Waals surface area contributed by atoms with Crippen LogP contribution in [0.2, 0.25) is 0 Å². The molecule has 11 heavy (non-hydrogen) atoms. The Morgan fingerprint density at radius 1 is 1.73 bits per heavy atom. The standard InChI is InChI=1S/C8H12FNO/c1-10-7(6-9)5-8-3-2-4-11-8/h2-4,7,10H,5-6H2,1H3. The lowest BCUT2D eigenvalue weighted by Gasteiger charge is -2.08. The molecule has 0 aromatic carbocycles. The number of alkyl halides is 1. The molecule has 3 heteroatoms. The van der Waals surface area contributed by atoms with E-state index in [1.165, 1.54) is 0 Å². The van der Waals surface area contributed by atoms with E-state index < -0.39 is 0 Å². The smallest absolute Gasteiger partial charge is 0.105 e. The van der Waals surface area contributed by atoms with Gasteiger partial charge in [0.25, 0.3) is 0 Å². The molecular weight excluding hydrogens is 145 g/mol. The summed E-state index contributed by atoms with van der Waals surface area (Å²) in [6.07, 6.45) is 2.21. The van der Waals surface area contributed by atoms with Crippen LogP contribution in [0.1, 0.15) is 5.76 Å². The van der Waals surface area contributed by atoms with Gasteiger partial charge in [-0.25, -0.2) is 4.39 Å². The Balaban J connectivity index is 2.41. The first kappa shape index (κ1) is 8.27. The van der Waals surface area contributed by atoms with E-state index >= 15 is 0 Å². The van der Waals surface area contributed by atoms with E-state index in [0.717, 1.165) is 5.76 Å². The minimum atomic E-state index is -0.364. The summed E-state index contributed by atoms with van der Waals surface area (Å²) in [4.78, 5) is 0. The second-order valence-electron chi connectivity index (χ2n) is 2.42. The highest BCUT2D eigenvalue weighted by Gasteiger charge is 2.07. The summed E-state index contributed by atoms with van der Waals surface area (Å²) in [6, 6.07) is 3.53. The highest BCUT2D eigenvalue weighted by atomic mass is 19.1. The highest BCUT2D eigenvalue weighted by molar-refractivity contribution is 5.00. The summed E-state index contributed by atoms with van der Waals surface area (Å²) < 4.78 is 17.2. The van der Waals surface area contributed by atoms with Crippen LogP contribution in [-0.4, -0.2) is 19.8 Å². The molecule has 0 amide bonds. The first-order valence-corrected chi connectivity index (χ1v) is 3.62. The Kier molecular flexibility index (Phi) is 3.11. The maximum atomic E-state index is 12.1. The van der Waals surface area contributed by atoms with E-state index in [1.54, 1.807) is 19.4 Å². The first-order chi connectivity index (χ1) is 5.36. The second-order valence-corrected chi connectivity index (χ2v) is 2.42. The van der Waals surface area contributed by atoms with Crippen LogP contribution < -0.4 is 5.32 Å². The van der Waals surface area contributed by atoms with Gasteiger partial charge in [0.1, 0.15) is 12.4 Å². The first-order valence-electron chi connectivity index (χ1n) is 3.62. The topological polar surface area (TPSA) is 25.2 Å². The van der Waals surface area contributed by atoms with Crippen LogP contribution in [0.15, 0.2) is 22.8 Å². The van der Waals surface area contributed by atoms with Gasteiger partial charge in [-0.2, -0.15) is 0 Å². The minimum absolute atomic E-state index is 0.124. The summed E-state index contributed by atoms with van der Waals surface area (Å²) in [5, 5.41) is 2.86. The summed E-state index contributed by atoms with van der Waals surface area (Å²) >= 11 is 0. The molecule has 0 aliphatic rings. The molecule has 1 heterocycles. The van der Waals surface area contributed by atoms with Crippen LogP contribution in [-0.2, 0) is 6.42 Å². The fourth-order valence-corrected chi connectivity index (χ4v) is 0.905. The summed E-state index contributed by atoms with van der Waals surface area (Å²) in [5.74, 6) is 0.821. The van der Waals surface area contributed by atoms with Gasteiger partial charge in [0, 0.05) is 12.5 Å². The zero-order chi connectivity index (χ0) is 8.10. The lowest BCUT2D eigenvalue weighted by Crippen LogP contribution is -2.29. The molecule has 0 saturated carbocycles. The Hall–Kier alpha value is -0.830. The van der Waals surface area contributed by atoms with E-state index in [1.807, 2.05) is 6.07 Å². The molecule has 1 N–H and O–H groups in total. The molecule has 0 aliphatic heterocycles. The predicted octanol–water partition coefficient (Wildman–Crippen LogP) is 1.38. The molecule has 0 radical (unpaired) electrons. The fourth-order valence-electron chi connectivity index (χ4n) is 0.905. The molecule has 0 bridgehead atoms. The Bertz CT molecular complexity index is 182. The van der Waals surface area contributed by atoms with E-state index in [-0.39, 0.29) is 12.7 Å². The number of likely N-dealkylation sites (N-methyl/N-ethyl adjacent to an activating group) is 1. The SMILES string of the molecule is CNC(CF)Cc1ccco1. The summed E-state index contributed by atoms with van der Waals surface area (Å²) in [5.41, 5.74) is 0. The summed E-state index contributed by atoms with van der Waals surface area (Å²) in [7, 11) is 1.74. The quantitative estimate of drug-likeness (QED) is 0.714. The zero-order valence-electron chi connectivity index (χ0n) is 6.51. The molecule has 1 aromatic heterocycles. The van der Waals surface area contributed by atoms with E-state index in [0.29, 0.717) is 6.42 Å². The van der Waals surface area contributed by atoms with Gasteiger partial charge in [0.05, 0.1) is 6.26 Å². The Morgan fingerprint density at radius 3 is 3.00 bits per heavy atom. The number of nitrogens with one attached hydrogen (secondary N) is 1. The van der Waals surface area contributed by atoms with Crippen molar-refractivity contribution in [2.45, 2.75) is 12.5 Å². The van der Waals surface area contributed by atoms with Gasteiger partial charge in [-0.15, -0.1) is 0 Å². The largest absolute Gasteiger partial charge is 0.469 e. The number of halogens is 1. The van der Waals surface area contributed by atoms with Crippen molar-refractivity contribution in [1.29, 1.82) is 0 Å². The molecule has 1 atom stereocenters. The number of rotatable bonds is 4. The fraction of sp³-hybridized carbons (Fsp3) is 0.500. The number of hydrogen-bond acceptors (Lipinski definition) is 2. The lowest BCUT2D eigenvalue weighted by atomic mass is 10.2. The van der Waals surface area contributed by atoms with Gasteiger partial charge < -0.3 is 9.73 Å². The van der Waals surface area contributed by atoms with Gasteiger partial charge in [-0.05, 0) is 19.2 Å².